The molecule has 1 aliphatic heterocycles. The Labute approximate surface area is 100 Å². The Kier molecular flexibility index (Phi) is 3.31. The molecule has 1 aliphatic rings. The third kappa shape index (κ3) is 2.40. The van der Waals surface area contributed by atoms with E-state index >= 15 is 0 Å². The molecule has 2 unspecified atom stereocenters. The van der Waals surface area contributed by atoms with Gasteiger partial charge in [0.2, 0.25) is 0 Å². The average Bonchev–Trinajstić information content (AvgIpc) is 2.29. The zero-order chi connectivity index (χ0) is 12.4. The van der Waals surface area contributed by atoms with Crippen LogP contribution in [0.2, 0.25) is 0 Å². The summed E-state index contributed by atoms with van der Waals surface area (Å²) < 4.78 is 4.74. The fraction of sp³-hybridized carbons (Fsp3) is 0.538. The number of nitrogens with zero attached hydrogens (tertiary/aromatic N) is 1. The highest BCUT2D eigenvalue weighted by molar-refractivity contribution is 5.94. The normalized spacial score (nSPS) is 24.7. The van der Waals surface area contributed by atoms with Gasteiger partial charge in [0.05, 0.1) is 5.56 Å². The molecule has 1 amide bonds. The monoisotopic (exact) mass is 235 g/mol. The van der Waals surface area contributed by atoms with E-state index in [9.17, 15) is 9.59 Å². The number of rotatable bonds is 1. The van der Waals surface area contributed by atoms with Crippen LogP contribution < -0.4 is 5.63 Å². The van der Waals surface area contributed by atoms with Crippen LogP contribution in [0.5, 0.6) is 0 Å². The molecule has 0 aliphatic carbocycles. The number of piperidine rings is 1. The maximum Gasteiger partial charge on any atom is 0.335 e. The summed E-state index contributed by atoms with van der Waals surface area (Å²) in [7, 11) is 0. The quantitative estimate of drug-likeness (QED) is 0.748. The van der Waals surface area contributed by atoms with Gasteiger partial charge in [-0.2, -0.15) is 0 Å². The average molecular weight is 235 g/mol. The molecule has 1 aromatic heterocycles. The predicted octanol–water partition coefficient (Wildman–Crippen LogP) is 2.04. The molecule has 1 saturated heterocycles. The number of carbonyl (C=O) groups is 1. The second kappa shape index (κ2) is 4.73. The second-order valence-electron chi connectivity index (χ2n) is 4.68. The van der Waals surface area contributed by atoms with Crippen LogP contribution >= 0.6 is 0 Å². The Morgan fingerprint density at radius 2 is 1.94 bits per heavy atom. The summed E-state index contributed by atoms with van der Waals surface area (Å²) >= 11 is 0. The molecule has 92 valence electrons. The van der Waals surface area contributed by atoms with Gasteiger partial charge in [0, 0.05) is 18.2 Å². The molecule has 4 nitrogen and oxygen atoms in total. The molecule has 0 radical (unpaired) electrons. The minimum atomic E-state index is -0.429. The lowest BCUT2D eigenvalue weighted by atomic mass is 9.96. The van der Waals surface area contributed by atoms with Gasteiger partial charge in [0.1, 0.15) is 6.26 Å². The minimum absolute atomic E-state index is 0.0477. The Morgan fingerprint density at radius 1 is 1.29 bits per heavy atom. The first-order valence-electron chi connectivity index (χ1n) is 6.01. The van der Waals surface area contributed by atoms with E-state index in [0.29, 0.717) is 5.56 Å². The lowest BCUT2D eigenvalue weighted by Gasteiger charge is -2.39. The maximum absolute atomic E-state index is 12.3. The van der Waals surface area contributed by atoms with Gasteiger partial charge in [-0.3, -0.25) is 4.79 Å². The number of amides is 1. The van der Waals surface area contributed by atoms with Crippen molar-refractivity contribution in [3.8, 4) is 0 Å². The van der Waals surface area contributed by atoms with E-state index in [1.165, 1.54) is 18.4 Å². The Bertz CT molecular complexity index is 435. The van der Waals surface area contributed by atoms with Crippen molar-refractivity contribution in [2.24, 2.45) is 0 Å². The van der Waals surface area contributed by atoms with E-state index in [1.807, 2.05) is 4.90 Å². The topological polar surface area (TPSA) is 50.5 Å². The van der Waals surface area contributed by atoms with Crippen LogP contribution in [-0.2, 0) is 0 Å². The highest BCUT2D eigenvalue weighted by Crippen LogP contribution is 2.24. The van der Waals surface area contributed by atoms with Crippen LogP contribution in [0.3, 0.4) is 0 Å². The first-order chi connectivity index (χ1) is 8.09. The Balaban J connectivity index is 2.23. The van der Waals surface area contributed by atoms with Gasteiger partial charge in [0.15, 0.2) is 0 Å². The van der Waals surface area contributed by atoms with E-state index in [-0.39, 0.29) is 18.0 Å². The molecule has 0 saturated carbocycles. The molecule has 0 spiro atoms. The number of hydrogen-bond donors (Lipinski definition) is 0. The van der Waals surface area contributed by atoms with Crippen molar-refractivity contribution in [2.45, 2.75) is 45.2 Å². The van der Waals surface area contributed by atoms with Gasteiger partial charge in [-0.05, 0) is 39.2 Å². The van der Waals surface area contributed by atoms with E-state index in [0.717, 1.165) is 19.3 Å². The highest BCUT2D eigenvalue weighted by Gasteiger charge is 2.29. The molecule has 2 atom stereocenters. The van der Waals surface area contributed by atoms with Gasteiger partial charge in [0.25, 0.3) is 5.91 Å². The zero-order valence-corrected chi connectivity index (χ0v) is 10.2. The summed E-state index contributed by atoms with van der Waals surface area (Å²) in [5, 5.41) is 0. The van der Waals surface area contributed by atoms with Crippen LogP contribution in [0.25, 0.3) is 0 Å². The highest BCUT2D eigenvalue weighted by atomic mass is 16.4. The molecule has 4 heteroatoms. The summed E-state index contributed by atoms with van der Waals surface area (Å²) in [6, 6.07) is 3.31. The molecule has 0 aromatic carbocycles. The lowest BCUT2D eigenvalue weighted by molar-refractivity contribution is 0.0508. The molecule has 2 heterocycles. The molecular formula is C13H17NO3. The first kappa shape index (κ1) is 11.9. The summed E-state index contributed by atoms with van der Waals surface area (Å²) in [5.74, 6) is -0.0477. The van der Waals surface area contributed by atoms with Gasteiger partial charge < -0.3 is 9.32 Å². The van der Waals surface area contributed by atoms with E-state index < -0.39 is 5.63 Å². The van der Waals surface area contributed by atoms with Gasteiger partial charge in [-0.15, -0.1) is 0 Å². The third-order valence-electron chi connectivity index (χ3n) is 3.38. The fourth-order valence-electron chi connectivity index (χ4n) is 2.45. The lowest BCUT2D eigenvalue weighted by Crippen LogP contribution is -2.47. The Morgan fingerprint density at radius 3 is 2.47 bits per heavy atom. The van der Waals surface area contributed by atoms with Gasteiger partial charge in [-0.1, -0.05) is 0 Å². The smallest absolute Gasteiger partial charge is 0.335 e. The number of carbonyl (C=O) groups excluding carboxylic acids is 1. The standard InChI is InChI=1S/C13H17NO3/c1-9-4-3-5-10(2)14(9)13(16)11-6-7-12(15)17-8-11/h6-10H,3-5H2,1-2H3. The van der Waals surface area contributed by atoms with E-state index in [1.54, 1.807) is 0 Å². The van der Waals surface area contributed by atoms with Crippen molar-refractivity contribution in [1.29, 1.82) is 0 Å². The third-order valence-corrected chi connectivity index (χ3v) is 3.38. The summed E-state index contributed by atoms with van der Waals surface area (Å²) in [6.07, 6.45) is 4.48. The van der Waals surface area contributed by atoms with Gasteiger partial charge in [-0.25, -0.2) is 4.79 Å². The van der Waals surface area contributed by atoms with Crippen LogP contribution in [0.1, 0.15) is 43.5 Å². The predicted molar refractivity (Wildman–Crippen MR) is 63.9 cm³/mol. The Hall–Kier alpha value is -1.58. The number of hydrogen-bond acceptors (Lipinski definition) is 3. The number of likely N-dealkylation sites (tertiary alicyclic amines) is 1. The van der Waals surface area contributed by atoms with E-state index in [4.69, 9.17) is 4.42 Å². The van der Waals surface area contributed by atoms with Gasteiger partial charge >= 0.3 is 5.63 Å². The molecule has 1 aromatic rings. The first-order valence-corrected chi connectivity index (χ1v) is 6.01. The van der Waals surface area contributed by atoms with Crippen LogP contribution in [-0.4, -0.2) is 22.9 Å². The SMILES string of the molecule is CC1CCCC(C)N1C(=O)c1ccc(=O)oc1. The summed E-state index contributed by atoms with van der Waals surface area (Å²) in [5.41, 5.74) is 0.0199. The van der Waals surface area contributed by atoms with Crippen molar-refractivity contribution < 1.29 is 9.21 Å². The molecule has 0 bridgehead atoms. The van der Waals surface area contributed by atoms with Crippen molar-refractivity contribution in [3.05, 3.63) is 34.4 Å². The molecule has 0 N–H and O–H groups in total. The van der Waals surface area contributed by atoms with Crippen molar-refractivity contribution in [2.75, 3.05) is 0 Å². The van der Waals surface area contributed by atoms with Crippen LogP contribution in [0.4, 0.5) is 0 Å². The largest absolute Gasteiger partial charge is 0.430 e. The summed E-state index contributed by atoms with van der Waals surface area (Å²) in [4.78, 5) is 25.0. The van der Waals surface area contributed by atoms with E-state index in [2.05, 4.69) is 13.8 Å². The van der Waals surface area contributed by atoms with Crippen molar-refractivity contribution in [3.63, 3.8) is 0 Å². The molecular weight excluding hydrogens is 218 g/mol. The van der Waals surface area contributed by atoms with Crippen LogP contribution in [0, 0.1) is 0 Å². The second-order valence-corrected chi connectivity index (χ2v) is 4.68. The maximum atomic E-state index is 12.3. The zero-order valence-electron chi connectivity index (χ0n) is 10.2. The van der Waals surface area contributed by atoms with Crippen molar-refractivity contribution in [1.82, 2.24) is 4.90 Å². The van der Waals surface area contributed by atoms with Crippen molar-refractivity contribution >= 4 is 5.91 Å². The molecule has 17 heavy (non-hydrogen) atoms. The fourth-order valence-corrected chi connectivity index (χ4v) is 2.45. The summed E-state index contributed by atoms with van der Waals surface area (Å²) in [6.45, 7) is 4.12. The molecule has 1 fully saturated rings. The molecule has 2 rings (SSSR count). The minimum Gasteiger partial charge on any atom is -0.430 e. The van der Waals surface area contributed by atoms with Crippen LogP contribution in [0.15, 0.2) is 27.6 Å².